The van der Waals surface area contributed by atoms with E-state index in [-0.39, 0.29) is 5.56 Å². The summed E-state index contributed by atoms with van der Waals surface area (Å²) in [5.74, 6) is 0. The lowest BCUT2D eigenvalue weighted by atomic mass is 10.1. The van der Waals surface area contributed by atoms with Crippen LogP contribution in [0, 0.1) is 6.92 Å². The van der Waals surface area contributed by atoms with Crippen molar-refractivity contribution in [3.05, 3.63) is 33.7 Å². The standard InChI is InChI=1S/C10H14N2O/c1-7-5-8(6-12-10(7)13)9-3-2-4-11-9/h5-6,9,11H,2-4H2,1H3,(H,12,13). The Hall–Kier alpha value is -1.09. The normalized spacial score (nSPS) is 22.1. The number of nitrogens with one attached hydrogen (secondary N) is 2. The number of rotatable bonds is 1. The minimum absolute atomic E-state index is 0.0155. The molecule has 3 nitrogen and oxygen atoms in total. The van der Waals surface area contributed by atoms with E-state index in [2.05, 4.69) is 10.3 Å². The SMILES string of the molecule is Cc1cc(C2CCCN2)c[nH]c1=O. The summed E-state index contributed by atoms with van der Waals surface area (Å²) in [6, 6.07) is 2.41. The van der Waals surface area contributed by atoms with Crippen molar-refractivity contribution in [2.75, 3.05) is 6.54 Å². The highest BCUT2D eigenvalue weighted by atomic mass is 16.1. The first-order valence-corrected chi connectivity index (χ1v) is 4.70. The van der Waals surface area contributed by atoms with Crippen LogP contribution >= 0.6 is 0 Å². The second kappa shape index (κ2) is 3.34. The lowest BCUT2D eigenvalue weighted by Crippen LogP contribution is -2.16. The van der Waals surface area contributed by atoms with Gasteiger partial charge in [-0.15, -0.1) is 0 Å². The van der Waals surface area contributed by atoms with E-state index in [1.54, 1.807) is 0 Å². The number of aromatic nitrogens is 1. The lowest BCUT2D eigenvalue weighted by molar-refractivity contribution is 0.643. The van der Waals surface area contributed by atoms with Gasteiger partial charge in [-0.25, -0.2) is 0 Å². The molecule has 1 aliphatic rings. The Kier molecular flexibility index (Phi) is 2.19. The van der Waals surface area contributed by atoms with Crippen LogP contribution in [0.3, 0.4) is 0 Å². The molecular formula is C10H14N2O. The van der Waals surface area contributed by atoms with Gasteiger partial charge in [-0.2, -0.15) is 0 Å². The summed E-state index contributed by atoms with van der Waals surface area (Å²) in [5.41, 5.74) is 2.02. The number of aryl methyl sites for hydroxylation is 1. The van der Waals surface area contributed by atoms with Crippen molar-refractivity contribution in [3.8, 4) is 0 Å². The van der Waals surface area contributed by atoms with Crippen molar-refractivity contribution in [2.45, 2.75) is 25.8 Å². The van der Waals surface area contributed by atoms with Gasteiger partial charge in [0.25, 0.3) is 5.56 Å². The molecule has 1 saturated heterocycles. The van der Waals surface area contributed by atoms with Crippen molar-refractivity contribution in [3.63, 3.8) is 0 Å². The number of H-pyrrole nitrogens is 1. The van der Waals surface area contributed by atoms with E-state index in [4.69, 9.17) is 0 Å². The highest BCUT2D eigenvalue weighted by molar-refractivity contribution is 5.20. The highest BCUT2D eigenvalue weighted by Gasteiger charge is 2.16. The van der Waals surface area contributed by atoms with Crippen LogP contribution in [0.5, 0.6) is 0 Å². The number of hydrogen-bond acceptors (Lipinski definition) is 2. The Morgan fingerprint density at radius 2 is 2.38 bits per heavy atom. The molecule has 0 radical (unpaired) electrons. The first-order chi connectivity index (χ1) is 6.27. The Balaban J connectivity index is 2.30. The smallest absolute Gasteiger partial charge is 0.250 e. The van der Waals surface area contributed by atoms with Crippen molar-refractivity contribution >= 4 is 0 Å². The van der Waals surface area contributed by atoms with Gasteiger partial charge in [-0.3, -0.25) is 4.79 Å². The van der Waals surface area contributed by atoms with E-state index < -0.39 is 0 Å². The van der Waals surface area contributed by atoms with Gasteiger partial charge in [-0.05, 0) is 37.9 Å². The Morgan fingerprint density at radius 3 is 3.00 bits per heavy atom. The maximum Gasteiger partial charge on any atom is 0.250 e. The molecule has 2 heterocycles. The van der Waals surface area contributed by atoms with Crippen LogP contribution in [0.4, 0.5) is 0 Å². The topological polar surface area (TPSA) is 44.9 Å². The van der Waals surface area contributed by atoms with Crippen molar-refractivity contribution in [1.82, 2.24) is 10.3 Å². The van der Waals surface area contributed by atoms with E-state index in [1.165, 1.54) is 18.4 Å². The van der Waals surface area contributed by atoms with E-state index in [0.717, 1.165) is 12.1 Å². The van der Waals surface area contributed by atoms with Gasteiger partial charge in [0.2, 0.25) is 0 Å². The average molecular weight is 178 g/mol. The molecule has 1 unspecified atom stereocenters. The van der Waals surface area contributed by atoms with Gasteiger partial charge in [0.05, 0.1) is 0 Å². The molecule has 1 aliphatic heterocycles. The predicted octanol–water partition coefficient (Wildman–Crippen LogP) is 1.11. The van der Waals surface area contributed by atoms with E-state index in [1.807, 2.05) is 19.2 Å². The van der Waals surface area contributed by atoms with Gasteiger partial charge in [0, 0.05) is 17.8 Å². The molecule has 2 N–H and O–H groups in total. The molecule has 1 aromatic rings. The monoisotopic (exact) mass is 178 g/mol. The quantitative estimate of drug-likeness (QED) is 0.676. The molecule has 0 amide bonds. The van der Waals surface area contributed by atoms with Crippen LogP contribution in [-0.2, 0) is 0 Å². The van der Waals surface area contributed by atoms with Gasteiger partial charge >= 0.3 is 0 Å². The minimum Gasteiger partial charge on any atom is -0.329 e. The van der Waals surface area contributed by atoms with Crippen LogP contribution in [0.2, 0.25) is 0 Å². The molecule has 0 bridgehead atoms. The minimum atomic E-state index is 0.0155. The maximum absolute atomic E-state index is 11.1. The van der Waals surface area contributed by atoms with Gasteiger partial charge in [0.1, 0.15) is 0 Å². The fourth-order valence-corrected chi connectivity index (χ4v) is 1.79. The zero-order chi connectivity index (χ0) is 9.26. The second-order valence-electron chi connectivity index (χ2n) is 3.59. The van der Waals surface area contributed by atoms with E-state index >= 15 is 0 Å². The maximum atomic E-state index is 11.1. The van der Waals surface area contributed by atoms with Crippen molar-refractivity contribution in [1.29, 1.82) is 0 Å². The molecular weight excluding hydrogens is 164 g/mol. The summed E-state index contributed by atoms with van der Waals surface area (Å²) in [6.07, 6.45) is 4.21. The van der Waals surface area contributed by atoms with Crippen LogP contribution in [0.1, 0.15) is 30.0 Å². The van der Waals surface area contributed by atoms with Gasteiger partial charge < -0.3 is 10.3 Å². The average Bonchev–Trinajstić information content (AvgIpc) is 2.62. The number of pyridine rings is 1. The molecule has 0 aromatic carbocycles. The van der Waals surface area contributed by atoms with Crippen LogP contribution in [0.15, 0.2) is 17.1 Å². The third-order valence-electron chi connectivity index (χ3n) is 2.57. The summed E-state index contributed by atoms with van der Waals surface area (Å²) in [6.45, 7) is 2.93. The molecule has 1 fully saturated rings. The fourth-order valence-electron chi connectivity index (χ4n) is 1.79. The lowest BCUT2D eigenvalue weighted by Gasteiger charge is -2.09. The predicted molar refractivity (Wildman–Crippen MR) is 51.8 cm³/mol. The van der Waals surface area contributed by atoms with Gasteiger partial charge in [0.15, 0.2) is 0 Å². The summed E-state index contributed by atoms with van der Waals surface area (Å²) >= 11 is 0. The molecule has 0 spiro atoms. The van der Waals surface area contributed by atoms with E-state index in [9.17, 15) is 4.79 Å². The highest BCUT2D eigenvalue weighted by Crippen LogP contribution is 2.21. The molecule has 1 atom stereocenters. The summed E-state index contributed by atoms with van der Waals surface area (Å²) in [4.78, 5) is 13.9. The second-order valence-corrected chi connectivity index (χ2v) is 3.59. The third kappa shape index (κ3) is 1.65. The van der Waals surface area contributed by atoms with Crippen molar-refractivity contribution < 1.29 is 0 Å². The van der Waals surface area contributed by atoms with Crippen molar-refractivity contribution in [2.24, 2.45) is 0 Å². The Labute approximate surface area is 77.2 Å². The third-order valence-corrected chi connectivity index (χ3v) is 2.57. The zero-order valence-corrected chi connectivity index (χ0v) is 7.76. The molecule has 3 heteroatoms. The zero-order valence-electron chi connectivity index (χ0n) is 7.76. The van der Waals surface area contributed by atoms with E-state index in [0.29, 0.717) is 6.04 Å². The molecule has 0 aliphatic carbocycles. The number of hydrogen-bond donors (Lipinski definition) is 2. The number of aromatic amines is 1. The first-order valence-electron chi connectivity index (χ1n) is 4.70. The Morgan fingerprint density at radius 1 is 1.54 bits per heavy atom. The summed E-state index contributed by atoms with van der Waals surface area (Å²) in [7, 11) is 0. The Bertz CT molecular complexity index is 350. The summed E-state index contributed by atoms with van der Waals surface area (Å²) < 4.78 is 0. The van der Waals surface area contributed by atoms with Crippen LogP contribution < -0.4 is 10.9 Å². The van der Waals surface area contributed by atoms with Crippen LogP contribution in [-0.4, -0.2) is 11.5 Å². The van der Waals surface area contributed by atoms with Gasteiger partial charge in [-0.1, -0.05) is 0 Å². The molecule has 13 heavy (non-hydrogen) atoms. The fraction of sp³-hybridized carbons (Fsp3) is 0.500. The summed E-state index contributed by atoms with van der Waals surface area (Å²) in [5, 5.41) is 3.40. The molecule has 0 saturated carbocycles. The molecule has 1 aromatic heterocycles. The largest absolute Gasteiger partial charge is 0.329 e. The van der Waals surface area contributed by atoms with Crippen LogP contribution in [0.25, 0.3) is 0 Å². The molecule has 2 rings (SSSR count). The first kappa shape index (κ1) is 8.51. The molecule has 70 valence electrons.